The molecule has 0 aromatic heterocycles. The van der Waals surface area contributed by atoms with Gasteiger partial charge in [0.2, 0.25) is 0 Å². The number of aliphatic carboxylic acids is 1. The van der Waals surface area contributed by atoms with Gasteiger partial charge < -0.3 is 10.4 Å². The van der Waals surface area contributed by atoms with Gasteiger partial charge in [0.05, 0.1) is 6.42 Å². The third-order valence-corrected chi connectivity index (χ3v) is 3.41. The number of rotatable bonds is 7. The fourth-order valence-electron chi connectivity index (χ4n) is 2.27. The fraction of sp³-hybridized carbons (Fsp3) is 0.235. The predicted molar refractivity (Wildman–Crippen MR) is 79.3 cm³/mol. The molecule has 0 radical (unpaired) electrons. The Balaban J connectivity index is 2.09. The quantitative estimate of drug-likeness (QED) is 0.769. The minimum Gasteiger partial charge on any atom is -0.481 e. The summed E-state index contributed by atoms with van der Waals surface area (Å²) in [4.78, 5) is 10.9. The molecule has 2 N–H and O–H groups in total. The van der Waals surface area contributed by atoms with Gasteiger partial charge in [-0.1, -0.05) is 30.3 Å². The molecule has 2 aromatic carbocycles. The van der Waals surface area contributed by atoms with Crippen molar-refractivity contribution in [2.24, 2.45) is 0 Å². The summed E-state index contributed by atoms with van der Waals surface area (Å²) in [5.41, 5.74) is 0.879. The highest BCUT2D eigenvalue weighted by atomic mass is 19.2. The Morgan fingerprint density at radius 2 is 1.70 bits per heavy atom. The summed E-state index contributed by atoms with van der Waals surface area (Å²) < 4.78 is 39.9. The second-order valence-electron chi connectivity index (χ2n) is 5.22. The van der Waals surface area contributed by atoms with Crippen molar-refractivity contribution in [3.63, 3.8) is 0 Å². The Morgan fingerprint density at radius 1 is 1.04 bits per heavy atom. The van der Waals surface area contributed by atoms with Crippen molar-refractivity contribution in [2.45, 2.75) is 25.4 Å². The third-order valence-electron chi connectivity index (χ3n) is 3.41. The highest BCUT2D eigenvalue weighted by Gasteiger charge is 2.17. The number of carboxylic acids is 1. The summed E-state index contributed by atoms with van der Waals surface area (Å²) in [6.45, 7) is 0.393. The second-order valence-corrected chi connectivity index (χ2v) is 5.22. The van der Waals surface area contributed by atoms with Crippen LogP contribution >= 0.6 is 0 Å². The first-order chi connectivity index (χ1) is 11.0. The van der Waals surface area contributed by atoms with Crippen LogP contribution in [0.3, 0.4) is 0 Å². The summed E-state index contributed by atoms with van der Waals surface area (Å²) in [5, 5.41) is 12.0. The number of carbonyl (C=O) groups is 1. The maximum Gasteiger partial charge on any atom is 0.304 e. The predicted octanol–water partition coefficient (Wildman–Crippen LogP) is 3.28. The molecule has 0 aliphatic carbocycles. The smallest absolute Gasteiger partial charge is 0.304 e. The molecular weight excluding hydrogens is 307 g/mol. The van der Waals surface area contributed by atoms with Crippen LogP contribution in [0.5, 0.6) is 0 Å². The van der Waals surface area contributed by atoms with Gasteiger partial charge in [0.1, 0.15) is 5.82 Å². The van der Waals surface area contributed by atoms with Gasteiger partial charge >= 0.3 is 5.97 Å². The van der Waals surface area contributed by atoms with E-state index in [1.807, 2.05) is 30.3 Å². The van der Waals surface area contributed by atoms with Crippen LogP contribution in [0.4, 0.5) is 13.2 Å². The van der Waals surface area contributed by atoms with Crippen LogP contribution in [-0.2, 0) is 17.8 Å². The Kier molecular flexibility index (Phi) is 5.76. The van der Waals surface area contributed by atoms with E-state index >= 15 is 0 Å². The summed E-state index contributed by atoms with van der Waals surface area (Å²) >= 11 is 0. The molecule has 6 heteroatoms. The second kappa shape index (κ2) is 7.78. The highest BCUT2D eigenvalue weighted by molar-refractivity contribution is 5.67. The maximum absolute atomic E-state index is 13.7. The molecule has 3 nitrogen and oxygen atoms in total. The normalized spacial score (nSPS) is 12.1. The standard InChI is InChI=1S/C17H16F3NO2/c18-14-9-16(20)15(19)7-12(14)6-13(8-17(22)23)21-10-11-4-2-1-3-5-11/h1-5,7,9,13,21H,6,8,10H2,(H,22,23)/t13-/m1/s1. The van der Waals surface area contributed by atoms with Crippen LogP contribution in [0.1, 0.15) is 17.5 Å². The van der Waals surface area contributed by atoms with Gasteiger partial charge in [-0.2, -0.15) is 0 Å². The minimum atomic E-state index is -1.27. The molecule has 0 spiro atoms. The Morgan fingerprint density at radius 3 is 2.35 bits per heavy atom. The summed E-state index contributed by atoms with van der Waals surface area (Å²) in [5.74, 6) is -4.36. The number of benzene rings is 2. The Labute approximate surface area is 131 Å². The largest absolute Gasteiger partial charge is 0.481 e. The molecule has 0 fully saturated rings. The first-order valence-corrected chi connectivity index (χ1v) is 7.08. The van der Waals surface area contributed by atoms with E-state index in [0.29, 0.717) is 12.6 Å². The summed E-state index contributed by atoms with van der Waals surface area (Å²) in [7, 11) is 0. The average molecular weight is 323 g/mol. The number of hydrogen-bond acceptors (Lipinski definition) is 2. The van der Waals surface area contributed by atoms with E-state index in [1.165, 1.54) is 0 Å². The first kappa shape index (κ1) is 17.0. The van der Waals surface area contributed by atoms with Gasteiger partial charge in [0.15, 0.2) is 11.6 Å². The van der Waals surface area contributed by atoms with Crippen molar-refractivity contribution in [2.75, 3.05) is 0 Å². The van der Waals surface area contributed by atoms with E-state index in [0.717, 1.165) is 11.6 Å². The zero-order valence-electron chi connectivity index (χ0n) is 12.2. The van der Waals surface area contributed by atoms with Crippen LogP contribution in [0.15, 0.2) is 42.5 Å². The number of carboxylic acid groups (broad SMARTS) is 1. The molecule has 1 atom stereocenters. The monoisotopic (exact) mass is 323 g/mol. The van der Waals surface area contributed by atoms with Crippen molar-refractivity contribution in [1.82, 2.24) is 5.32 Å². The van der Waals surface area contributed by atoms with Crippen LogP contribution in [0.25, 0.3) is 0 Å². The Hall–Kier alpha value is -2.34. The van der Waals surface area contributed by atoms with Gasteiger partial charge in [0.25, 0.3) is 0 Å². The molecule has 0 aliphatic heterocycles. The average Bonchev–Trinajstić information content (AvgIpc) is 2.50. The van der Waals surface area contributed by atoms with Gasteiger partial charge in [-0.05, 0) is 23.6 Å². The van der Waals surface area contributed by atoms with E-state index in [9.17, 15) is 18.0 Å². The molecule has 0 amide bonds. The number of hydrogen-bond donors (Lipinski definition) is 2. The third kappa shape index (κ3) is 5.10. The molecule has 0 aliphatic rings. The molecule has 0 unspecified atom stereocenters. The van der Waals surface area contributed by atoms with Crippen molar-refractivity contribution in [1.29, 1.82) is 0 Å². The molecule has 0 saturated carbocycles. The molecule has 2 rings (SSSR count). The van der Waals surface area contributed by atoms with Crippen molar-refractivity contribution in [3.8, 4) is 0 Å². The fourth-order valence-corrected chi connectivity index (χ4v) is 2.27. The van der Waals surface area contributed by atoms with Crippen molar-refractivity contribution in [3.05, 3.63) is 71.0 Å². The molecular formula is C17H16F3NO2. The van der Waals surface area contributed by atoms with Gasteiger partial charge in [-0.25, -0.2) is 13.2 Å². The van der Waals surface area contributed by atoms with Crippen LogP contribution in [0, 0.1) is 17.5 Å². The van der Waals surface area contributed by atoms with Crippen LogP contribution in [0.2, 0.25) is 0 Å². The molecule has 0 saturated heterocycles. The Bertz CT molecular complexity index is 677. The van der Waals surface area contributed by atoms with E-state index in [1.54, 1.807) is 0 Å². The van der Waals surface area contributed by atoms with E-state index < -0.39 is 29.5 Å². The van der Waals surface area contributed by atoms with E-state index in [2.05, 4.69) is 5.32 Å². The SMILES string of the molecule is O=C(O)C[C@@H](Cc1cc(F)c(F)cc1F)NCc1ccccc1. The molecule has 0 bridgehead atoms. The highest BCUT2D eigenvalue weighted by Crippen LogP contribution is 2.16. The van der Waals surface area contributed by atoms with Gasteiger partial charge in [-0.15, -0.1) is 0 Å². The maximum atomic E-state index is 13.7. The molecule has 122 valence electrons. The van der Waals surface area contributed by atoms with Crippen molar-refractivity contribution >= 4 is 5.97 Å². The van der Waals surface area contributed by atoms with Crippen LogP contribution < -0.4 is 5.32 Å². The topological polar surface area (TPSA) is 49.3 Å². The minimum absolute atomic E-state index is 0.0534. The van der Waals surface area contributed by atoms with Gasteiger partial charge in [-0.3, -0.25) is 4.79 Å². The number of halogens is 3. The molecule has 2 aromatic rings. The lowest BCUT2D eigenvalue weighted by molar-refractivity contribution is -0.137. The lowest BCUT2D eigenvalue weighted by Gasteiger charge is -2.17. The molecule has 23 heavy (non-hydrogen) atoms. The van der Waals surface area contributed by atoms with E-state index in [4.69, 9.17) is 5.11 Å². The summed E-state index contributed by atoms with van der Waals surface area (Å²) in [6.07, 6.45) is -0.312. The lowest BCUT2D eigenvalue weighted by atomic mass is 10.0. The number of nitrogens with one attached hydrogen (secondary N) is 1. The van der Waals surface area contributed by atoms with Crippen LogP contribution in [-0.4, -0.2) is 17.1 Å². The van der Waals surface area contributed by atoms with Gasteiger partial charge in [0, 0.05) is 18.7 Å². The first-order valence-electron chi connectivity index (χ1n) is 7.08. The lowest BCUT2D eigenvalue weighted by Crippen LogP contribution is -2.33. The van der Waals surface area contributed by atoms with E-state index in [-0.39, 0.29) is 18.4 Å². The van der Waals surface area contributed by atoms with Crippen molar-refractivity contribution < 1.29 is 23.1 Å². The zero-order valence-corrected chi connectivity index (χ0v) is 12.2. The summed E-state index contributed by atoms with van der Waals surface area (Å²) in [6, 6.07) is 9.91. The molecule has 0 heterocycles. The zero-order chi connectivity index (χ0) is 16.8.